The van der Waals surface area contributed by atoms with Crippen molar-refractivity contribution >= 4 is 23.4 Å². The molecule has 1 aromatic carbocycles. The van der Waals surface area contributed by atoms with Crippen LogP contribution in [0.25, 0.3) is 0 Å². The van der Waals surface area contributed by atoms with Gasteiger partial charge < -0.3 is 20.5 Å². The number of carbonyl (C=O) groups excluding carboxylic acids is 2. The molecule has 3 fully saturated rings. The molecule has 0 unspecified atom stereocenters. The molecule has 33 heavy (non-hydrogen) atoms. The quantitative estimate of drug-likeness (QED) is 0.571. The first-order valence-corrected chi connectivity index (χ1v) is 11.5. The fourth-order valence-electron chi connectivity index (χ4n) is 4.76. The van der Waals surface area contributed by atoms with Crippen LogP contribution in [0.15, 0.2) is 36.5 Å². The largest absolute Gasteiger partial charge is 0.484 e. The summed E-state index contributed by atoms with van der Waals surface area (Å²) in [7, 11) is 0. The Hall–Kier alpha value is -2.71. The molecule has 0 spiro atoms. The minimum Gasteiger partial charge on any atom is -0.484 e. The number of amides is 2. The molecule has 3 aliphatic rings. The summed E-state index contributed by atoms with van der Waals surface area (Å²) in [6, 6.07) is 7.55. The van der Waals surface area contributed by atoms with E-state index in [0.29, 0.717) is 37.8 Å². The van der Waals surface area contributed by atoms with E-state index in [1.54, 1.807) is 12.3 Å². The predicted molar refractivity (Wildman–Crippen MR) is 121 cm³/mol. The zero-order valence-electron chi connectivity index (χ0n) is 18.4. The monoisotopic (exact) mass is 475 g/mol. The first-order chi connectivity index (χ1) is 15.7. The van der Waals surface area contributed by atoms with Gasteiger partial charge in [-0.2, -0.15) is 0 Å². The number of hydrogen-bond donors (Lipinski definition) is 3. The van der Waals surface area contributed by atoms with E-state index in [2.05, 4.69) is 15.6 Å². The number of halogens is 2. The maximum Gasteiger partial charge on any atom is 0.270 e. The Balaban J connectivity index is 1.34. The van der Waals surface area contributed by atoms with Crippen molar-refractivity contribution in [1.29, 1.82) is 0 Å². The number of aliphatic hydroxyl groups is 1. The molecule has 3 N–H and O–H groups in total. The van der Waals surface area contributed by atoms with Crippen LogP contribution >= 0.6 is 11.6 Å². The van der Waals surface area contributed by atoms with Crippen molar-refractivity contribution in [2.75, 3.05) is 6.61 Å². The molecule has 3 saturated carbocycles. The Morgan fingerprint density at radius 3 is 2.58 bits per heavy atom. The highest BCUT2D eigenvalue weighted by Crippen LogP contribution is 2.47. The summed E-state index contributed by atoms with van der Waals surface area (Å²) in [5.74, 6) is -1.09. The third-order valence-corrected chi connectivity index (χ3v) is 7.12. The van der Waals surface area contributed by atoms with Crippen LogP contribution in [0, 0.1) is 5.82 Å². The number of nitrogens with zero attached hydrogens (tertiary/aromatic N) is 1. The molecule has 2 amide bonds. The highest BCUT2D eigenvalue weighted by Gasteiger charge is 2.55. The summed E-state index contributed by atoms with van der Waals surface area (Å²) >= 11 is 5.65. The van der Waals surface area contributed by atoms with E-state index < -0.39 is 28.9 Å². The normalized spacial score (nSPS) is 26.0. The van der Waals surface area contributed by atoms with Gasteiger partial charge in [0.25, 0.3) is 11.8 Å². The van der Waals surface area contributed by atoms with Crippen molar-refractivity contribution in [2.24, 2.45) is 0 Å². The van der Waals surface area contributed by atoms with Crippen molar-refractivity contribution in [3.8, 4) is 5.75 Å². The van der Waals surface area contributed by atoms with Crippen LogP contribution in [-0.2, 0) is 11.2 Å². The minimum absolute atomic E-state index is 0.0254. The Morgan fingerprint density at radius 1 is 1.21 bits per heavy atom. The second-order valence-corrected chi connectivity index (χ2v) is 9.34. The van der Waals surface area contributed by atoms with E-state index in [0.717, 1.165) is 18.1 Å². The number of hydrogen-bond acceptors (Lipinski definition) is 5. The number of benzene rings is 1. The summed E-state index contributed by atoms with van der Waals surface area (Å²) in [6.07, 6.45) is 4.39. The predicted octanol–water partition coefficient (Wildman–Crippen LogP) is 3.18. The first-order valence-electron chi connectivity index (χ1n) is 11.1. The average Bonchev–Trinajstić information content (AvgIpc) is 2.81. The number of ether oxygens (including phenoxy) is 1. The molecule has 5 rings (SSSR count). The molecule has 1 heterocycles. The van der Waals surface area contributed by atoms with E-state index in [1.807, 2.05) is 13.0 Å². The van der Waals surface area contributed by atoms with Gasteiger partial charge in [-0.3, -0.25) is 14.6 Å². The van der Waals surface area contributed by atoms with Gasteiger partial charge in [-0.25, -0.2) is 4.39 Å². The number of fused-ring (bicyclic) bond motifs is 3. The van der Waals surface area contributed by atoms with Gasteiger partial charge in [-0.1, -0.05) is 24.6 Å². The number of pyridine rings is 1. The summed E-state index contributed by atoms with van der Waals surface area (Å²) in [5.41, 5.74) is 0.119. The van der Waals surface area contributed by atoms with Crippen molar-refractivity contribution in [3.63, 3.8) is 0 Å². The van der Waals surface area contributed by atoms with Gasteiger partial charge in [0.05, 0.1) is 16.7 Å². The molecule has 7 nitrogen and oxygen atoms in total. The first kappa shape index (κ1) is 23.4. The van der Waals surface area contributed by atoms with Gasteiger partial charge in [-0.15, -0.1) is 0 Å². The summed E-state index contributed by atoms with van der Waals surface area (Å²) in [4.78, 5) is 29.5. The Bertz CT molecular complexity index is 1040. The van der Waals surface area contributed by atoms with Crippen molar-refractivity contribution in [2.45, 2.75) is 62.6 Å². The number of aromatic nitrogens is 1. The van der Waals surface area contributed by atoms with Crippen molar-refractivity contribution in [1.82, 2.24) is 15.6 Å². The molecule has 2 bridgehead atoms. The Labute approximate surface area is 196 Å². The molecule has 9 heteroatoms. The third kappa shape index (κ3) is 4.96. The van der Waals surface area contributed by atoms with E-state index in [-0.39, 0.29) is 23.3 Å². The van der Waals surface area contributed by atoms with Crippen LogP contribution in [0.2, 0.25) is 5.02 Å². The summed E-state index contributed by atoms with van der Waals surface area (Å²) in [5, 5.41) is 16.9. The molecule has 0 saturated heterocycles. The molecule has 1 aromatic heterocycles. The number of rotatable bonds is 7. The van der Waals surface area contributed by atoms with E-state index >= 15 is 0 Å². The number of nitrogens with one attached hydrogen (secondary N) is 2. The Kier molecular flexibility index (Phi) is 6.59. The number of carbonyl (C=O) groups is 2. The third-order valence-electron chi connectivity index (χ3n) is 6.81. The lowest BCUT2D eigenvalue weighted by Crippen LogP contribution is -2.70. The standard InChI is InChI=1S/C24H27ClFN3O4/c1-2-15-3-6-19(27-13-15)22(32)29-23-7-9-24(10-8-23,20(30)12-23)28-21(31)14-33-16-4-5-17(25)18(26)11-16/h3-6,11,13,20,30H,2,7-10,12,14H2,1H3,(H,28,31)(H,29,32)/t20-,23?,24?/m0/s1. The van der Waals surface area contributed by atoms with Crippen LogP contribution in [0.4, 0.5) is 4.39 Å². The lowest BCUT2D eigenvalue weighted by atomic mass is 9.60. The lowest BCUT2D eigenvalue weighted by molar-refractivity contribution is -0.132. The number of aryl methyl sites for hydroxylation is 1. The maximum absolute atomic E-state index is 13.5. The Morgan fingerprint density at radius 2 is 1.97 bits per heavy atom. The van der Waals surface area contributed by atoms with Gasteiger partial charge in [0.15, 0.2) is 6.61 Å². The topological polar surface area (TPSA) is 101 Å². The zero-order chi connectivity index (χ0) is 23.6. The lowest BCUT2D eigenvalue weighted by Gasteiger charge is -2.56. The fourth-order valence-corrected chi connectivity index (χ4v) is 4.88. The average molecular weight is 476 g/mol. The summed E-state index contributed by atoms with van der Waals surface area (Å²) in [6.45, 7) is 1.71. The van der Waals surface area contributed by atoms with Gasteiger partial charge >= 0.3 is 0 Å². The molecule has 1 atom stereocenters. The highest BCUT2D eigenvalue weighted by atomic mass is 35.5. The van der Waals surface area contributed by atoms with E-state index in [9.17, 15) is 19.1 Å². The smallest absolute Gasteiger partial charge is 0.270 e. The highest BCUT2D eigenvalue weighted by molar-refractivity contribution is 6.30. The van der Waals surface area contributed by atoms with Crippen LogP contribution in [0.5, 0.6) is 5.75 Å². The van der Waals surface area contributed by atoms with Gasteiger partial charge in [0.2, 0.25) is 0 Å². The molecule has 3 aliphatic carbocycles. The SMILES string of the molecule is CCc1ccc(C(=O)NC23CCC(NC(=O)COc4ccc(Cl)c(F)c4)(CC2)[C@@H](O)C3)nc1. The van der Waals surface area contributed by atoms with Gasteiger partial charge in [0.1, 0.15) is 17.3 Å². The second kappa shape index (κ2) is 9.27. The minimum atomic E-state index is -0.812. The van der Waals surface area contributed by atoms with Crippen molar-refractivity contribution in [3.05, 3.63) is 58.6 Å². The van der Waals surface area contributed by atoms with E-state index in [4.69, 9.17) is 16.3 Å². The molecule has 176 valence electrons. The second-order valence-electron chi connectivity index (χ2n) is 8.93. The van der Waals surface area contributed by atoms with Gasteiger partial charge in [0, 0.05) is 17.8 Å². The van der Waals surface area contributed by atoms with Crippen molar-refractivity contribution < 1.29 is 23.8 Å². The fraction of sp³-hybridized carbons (Fsp3) is 0.458. The van der Waals surface area contributed by atoms with Crippen LogP contribution in [-0.4, -0.2) is 45.7 Å². The summed E-state index contributed by atoms with van der Waals surface area (Å²) < 4.78 is 18.9. The molecule has 0 radical (unpaired) electrons. The van der Waals surface area contributed by atoms with Gasteiger partial charge in [-0.05, 0) is 62.3 Å². The van der Waals surface area contributed by atoms with Crippen LogP contribution in [0.1, 0.15) is 55.1 Å². The zero-order valence-corrected chi connectivity index (χ0v) is 19.1. The van der Waals surface area contributed by atoms with Crippen LogP contribution < -0.4 is 15.4 Å². The maximum atomic E-state index is 13.5. The van der Waals surface area contributed by atoms with E-state index in [1.165, 1.54) is 12.1 Å². The molecule has 0 aliphatic heterocycles. The number of aliphatic hydroxyl groups excluding tert-OH is 1. The molecular formula is C24H27ClFN3O4. The molecular weight excluding hydrogens is 449 g/mol. The molecule has 2 aromatic rings. The van der Waals surface area contributed by atoms with Crippen LogP contribution in [0.3, 0.4) is 0 Å².